The van der Waals surface area contributed by atoms with Gasteiger partial charge in [-0.3, -0.25) is 0 Å². The molecular formula is C16H26ClNO2. The Morgan fingerprint density at radius 2 is 2.00 bits per heavy atom. The van der Waals surface area contributed by atoms with Gasteiger partial charge in [-0.1, -0.05) is 18.5 Å². The van der Waals surface area contributed by atoms with Gasteiger partial charge in [0.2, 0.25) is 0 Å². The van der Waals surface area contributed by atoms with Crippen LogP contribution < -0.4 is 10.1 Å². The summed E-state index contributed by atoms with van der Waals surface area (Å²) in [4.78, 5) is 0. The standard InChI is InChI=1S/C16H26ClNO2/c1-5-10-18-15(8-6-12(2)19-3)14-11-13(17)7-9-16(14)20-4/h7,9,11-12,15,18H,5-6,8,10H2,1-4H3. The molecule has 0 radical (unpaired) electrons. The highest BCUT2D eigenvalue weighted by molar-refractivity contribution is 6.30. The summed E-state index contributed by atoms with van der Waals surface area (Å²) in [5.74, 6) is 0.882. The summed E-state index contributed by atoms with van der Waals surface area (Å²) in [6.45, 7) is 5.23. The van der Waals surface area contributed by atoms with Gasteiger partial charge < -0.3 is 14.8 Å². The van der Waals surface area contributed by atoms with Crippen LogP contribution in [0.5, 0.6) is 5.75 Å². The third-order valence-corrected chi connectivity index (χ3v) is 3.71. The first-order chi connectivity index (χ1) is 9.62. The molecule has 2 atom stereocenters. The lowest BCUT2D eigenvalue weighted by atomic mass is 9.99. The molecule has 0 bridgehead atoms. The summed E-state index contributed by atoms with van der Waals surface area (Å²) in [5.41, 5.74) is 1.12. The van der Waals surface area contributed by atoms with Gasteiger partial charge in [-0.05, 0) is 50.9 Å². The fourth-order valence-electron chi connectivity index (χ4n) is 2.18. The van der Waals surface area contributed by atoms with Crippen molar-refractivity contribution in [1.82, 2.24) is 5.32 Å². The van der Waals surface area contributed by atoms with Crippen molar-refractivity contribution in [3.63, 3.8) is 0 Å². The van der Waals surface area contributed by atoms with Gasteiger partial charge in [-0.15, -0.1) is 0 Å². The number of hydrogen-bond donors (Lipinski definition) is 1. The van der Waals surface area contributed by atoms with Crippen LogP contribution in [0.4, 0.5) is 0 Å². The average molecular weight is 300 g/mol. The Hall–Kier alpha value is -0.770. The summed E-state index contributed by atoms with van der Waals surface area (Å²) in [6.07, 6.45) is 3.34. The van der Waals surface area contributed by atoms with Crippen LogP contribution in [0.3, 0.4) is 0 Å². The number of methoxy groups -OCH3 is 2. The van der Waals surface area contributed by atoms with Gasteiger partial charge in [-0.25, -0.2) is 0 Å². The van der Waals surface area contributed by atoms with Crippen molar-refractivity contribution in [1.29, 1.82) is 0 Å². The second-order valence-corrected chi connectivity index (χ2v) is 5.45. The first-order valence-corrected chi connectivity index (χ1v) is 7.59. The van der Waals surface area contributed by atoms with Crippen LogP contribution in [0, 0.1) is 0 Å². The molecule has 0 saturated carbocycles. The number of nitrogens with one attached hydrogen (secondary N) is 1. The van der Waals surface area contributed by atoms with Crippen LogP contribution in [0.15, 0.2) is 18.2 Å². The van der Waals surface area contributed by atoms with Crippen molar-refractivity contribution < 1.29 is 9.47 Å². The van der Waals surface area contributed by atoms with E-state index in [0.29, 0.717) is 0 Å². The molecule has 0 amide bonds. The minimum Gasteiger partial charge on any atom is -0.496 e. The number of halogens is 1. The largest absolute Gasteiger partial charge is 0.496 e. The molecule has 0 fully saturated rings. The number of ether oxygens (including phenoxy) is 2. The normalized spacial score (nSPS) is 14.1. The van der Waals surface area contributed by atoms with Gasteiger partial charge in [0.15, 0.2) is 0 Å². The maximum Gasteiger partial charge on any atom is 0.123 e. The maximum absolute atomic E-state index is 6.13. The molecule has 0 aliphatic carbocycles. The Bertz CT molecular complexity index is 398. The molecule has 1 rings (SSSR count). The molecule has 114 valence electrons. The van der Waals surface area contributed by atoms with E-state index >= 15 is 0 Å². The third-order valence-electron chi connectivity index (χ3n) is 3.47. The molecule has 0 heterocycles. The zero-order chi connectivity index (χ0) is 15.0. The average Bonchev–Trinajstić information content (AvgIpc) is 2.47. The summed E-state index contributed by atoms with van der Waals surface area (Å²) in [7, 11) is 3.44. The number of hydrogen-bond acceptors (Lipinski definition) is 3. The van der Waals surface area contributed by atoms with Gasteiger partial charge in [0.1, 0.15) is 5.75 Å². The Balaban J connectivity index is 2.88. The Kier molecular flexibility index (Phi) is 7.97. The molecule has 0 aliphatic rings. The molecule has 20 heavy (non-hydrogen) atoms. The minimum absolute atomic E-state index is 0.237. The highest BCUT2D eigenvalue weighted by Crippen LogP contribution is 2.31. The highest BCUT2D eigenvalue weighted by Gasteiger charge is 2.17. The zero-order valence-corrected chi connectivity index (χ0v) is 13.7. The summed E-state index contributed by atoms with van der Waals surface area (Å²) < 4.78 is 10.8. The van der Waals surface area contributed by atoms with Crippen molar-refractivity contribution in [2.75, 3.05) is 20.8 Å². The molecule has 3 nitrogen and oxygen atoms in total. The SMILES string of the molecule is CCCNC(CCC(C)OC)c1cc(Cl)ccc1OC. The number of rotatable bonds is 9. The minimum atomic E-state index is 0.237. The van der Waals surface area contributed by atoms with Crippen molar-refractivity contribution >= 4 is 11.6 Å². The first kappa shape index (κ1) is 17.3. The first-order valence-electron chi connectivity index (χ1n) is 7.22. The van der Waals surface area contributed by atoms with Gasteiger partial charge in [-0.2, -0.15) is 0 Å². The quantitative estimate of drug-likeness (QED) is 0.741. The molecule has 2 unspecified atom stereocenters. The van der Waals surface area contributed by atoms with E-state index in [1.54, 1.807) is 14.2 Å². The van der Waals surface area contributed by atoms with E-state index in [0.717, 1.165) is 42.1 Å². The van der Waals surface area contributed by atoms with Crippen LogP contribution in [0.25, 0.3) is 0 Å². The van der Waals surface area contributed by atoms with E-state index in [2.05, 4.69) is 19.2 Å². The molecule has 0 spiro atoms. The second-order valence-electron chi connectivity index (χ2n) is 5.02. The van der Waals surface area contributed by atoms with E-state index in [9.17, 15) is 0 Å². The monoisotopic (exact) mass is 299 g/mol. The predicted octanol–water partition coefficient (Wildman–Crippen LogP) is 4.20. The van der Waals surface area contributed by atoms with Crippen LogP contribution >= 0.6 is 11.6 Å². The molecule has 0 aliphatic heterocycles. The Morgan fingerprint density at radius 1 is 1.25 bits per heavy atom. The molecule has 0 saturated heterocycles. The maximum atomic E-state index is 6.13. The second kappa shape index (κ2) is 9.22. The van der Waals surface area contributed by atoms with E-state index in [-0.39, 0.29) is 12.1 Å². The van der Waals surface area contributed by atoms with E-state index in [1.165, 1.54) is 0 Å². The summed E-state index contributed by atoms with van der Waals surface area (Å²) in [5, 5.41) is 4.31. The fraction of sp³-hybridized carbons (Fsp3) is 0.625. The van der Waals surface area contributed by atoms with Crippen LogP contribution in [-0.2, 0) is 4.74 Å². The lowest BCUT2D eigenvalue weighted by Crippen LogP contribution is -2.24. The number of benzene rings is 1. The highest BCUT2D eigenvalue weighted by atomic mass is 35.5. The van der Waals surface area contributed by atoms with Gasteiger partial charge >= 0.3 is 0 Å². The molecule has 1 N–H and O–H groups in total. The topological polar surface area (TPSA) is 30.5 Å². The summed E-state index contributed by atoms with van der Waals surface area (Å²) in [6, 6.07) is 6.02. The van der Waals surface area contributed by atoms with E-state index in [1.807, 2.05) is 18.2 Å². The van der Waals surface area contributed by atoms with Crippen LogP contribution in [0.2, 0.25) is 5.02 Å². The van der Waals surface area contributed by atoms with Gasteiger partial charge in [0.25, 0.3) is 0 Å². The van der Waals surface area contributed by atoms with Gasteiger partial charge in [0.05, 0.1) is 13.2 Å². The van der Waals surface area contributed by atoms with E-state index < -0.39 is 0 Å². The van der Waals surface area contributed by atoms with Crippen molar-refractivity contribution in [2.45, 2.75) is 45.3 Å². The van der Waals surface area contributed by atoms with Crippen molar-refractivity contribution in [2.24, 2.45) is 0 Å². The summed E-state index contributed by atoms with van der Waals surface area (Å²) >= 11 is 6.13. The molecule has 1 aromatic carbocycles. The third kappa shape index (κ3) is 5.31. The van der Waals surface area contributed by atoms with E-state index in [4.69, 9.17) is 21.1 Å². The Labute approximate surface area is 127 Å². The van der Waals surface area contributed by atoms with Crippen molar-refractivity contribution in [3.8, 4) is 5.75 Å². The Morgan fingerprint density at radius 3 is 2.60 bits per heavy atom. The molecule has 1 aromatic rings. The molecular weight excluding hydrogens is 274 g/mol. The smallest absolute Gasteiger partial charge is 0.123 e. The zero-order valence-electron chi connectivity index (χ0n) is 12.9. The predicted molar refractivity (Wildman–Crippen MR) is 84.7 cm³/mol. The molecule has 4 heteroatoms. The van der Waals surface area contributed by atoms with Crippen LogP contribution in [0.1, 0.15) is 44.7 Å². The van der Waals surface area contributed by atoms with Gasteiger partial charge in [0, 0.05) is 23.7 Å². The molecule has 0 aromatic heterocycles. The fourth-order valence-corrected chi connectivity index (χ4v) is 2.36. The van der Waals surface area contributed by atoms with Crippen molar-refractivity contribution in [3.05, 3.63) is 28.8 Å². The lowest BCUT2D eigenvalue weighted by molar-refractivity contribution is 0.106. The lowest BCUT2D eigenvalue weighted by Gasteiger charge is -2.23. The van der Waals surface area contributed by atoms with Crippen LogP contribution in [-0.4, -0.2) is 26.9 Å².